The SMILES string of the molecule is CC(C)(CNC1Cc2ccc(Cl)cc2C1)c1cccs1. The minimum absolute atomic E-state index is 0.195. The fraction of sp³-hybridized carbons (Fsp3) is 0.412. The van der Waals surface area contributed by atoms with Crippen molar-refractivity contribution in [3.05, 3.63) is 56.7 Å². The van der Waals surface area contributed by atoms with Crippen LogP contribution < -0.4 is 5.32 Å². The summed E-state index contributed by atoms with van der Waals surface area (Å²) in [7, 11) is 0. The zero-order chi connectivity index (χ0) is 14.2. The first-order valence-electron chi connectivity index (χ1n) is 7.09. The Morgan fingerprint density at radius 3 is 2.80 bits per heavy atom. The molecule has 1 aliphatic rings. The number of hydrogen-bond acceptors (Lipinski definition) is 2. The molecular weight excluding hydrogens is 286 g/mol. The standard InChI is InChI=1S/C17H20ClNS/c1-17(2,16-4-3-7-20-16)11-19-15-9-12-5-6-14(18)8-13(12)10-15/h3-8,15,19H,9-11H2,1-2H3. The summed E-state index contributed by atoms with van der Waals surface area (Å²) in [6.45, 7) is 5.63. The second kappa shape index (κ2) is 5.51. The van der Waals surface area contributed by atoms with Crippen LogP contribution in [0.25, 0.3) is 0 Å². The van der Waals surface area contributed by atoms with E-state index < -0.39 is 0 Å². The lowest BCUT2D eigenvalue weighted by atomic mass is 9.91. The summed E-state index contributed by atoms with van der Waals surface area (Å²) >= 11 is 7.91. The number of halogens is 1. The summed E-state index contributed by atoms with van der Waals surface area (Å²) in [5, 5.41) is 6.75. The van der Waals surface area contributed by atoms with Crippen LogP contribution >= 0.6 is 22.9 Å². The first-order valence-corrected chi connectivity index (χ1v) is 8.35. The highest BCUT2D eigenvalue weighted by Crippen LogP contribution is 2.29. The maximum Gasteiger partial charge on any atom is 0.0408 e. The number of fused-ring (bicyclic) bond motifs is 1. The highest BCUT2D eigenvalue weighted by Gasteiger charge is 2.26. The molecule has 1 aromatic carbocycles. The van der Waals surface area contributed by atoms with E-state index in [4.69, 9.17) is 11.6 Å². The highest BCUT2D eigenvalue weighted by atomic mass is 35.5. The average Bonchev–Trinajstić information content (AvgIpc) is 3.05. The zero-order valence-corrected chi connectivity index (χ0v) is 13.5. The molecule has 0 bridgehead atoms. The molecule has 2 aromatic rings. The summed E-state index contributed by atoms with van der Waals surface area (Å²) in [4.78, 5) is 1.45. The van der Waals surface area contributed by atoms with Gasteiger partial charge in [-0.1, -0.05) is 37.6 Å². The molecule has 1 N–H and O–H groups in total. The van der Waals surface area contributed by atoms with Crippen molar-refractivity contribution >= 4 is 22.9 Å². The molecule has 1 aliphatic carbocycles. The lowest BCUT2D eigenvalue weighted by Crippen LogP contribution is -2.39. The van der Waals surface area contributed by atoms with E-state index in [0.29, 0.717) is 6.04 Å². The highest BCUT2D eigenvalue weighted by molar-refractivity contribution is 7.10. The maximum absolute atomic E-state index is 6.07. The molecule has 0 saturated heterocycles. The van der Waals surface area contributed by atoms with Crippen molar-refractivity contribution < 1.29 is 0 Å². The van der Waals surface area contributed by atoms with E-state index in [1.54, 1.807) is 0 Å². The van der Waals surface area contributed by atoms with Gasteiger partial charge in [0.25, 0.3) is 0 Å². The molecule has 1 unspecified atom stereocenters. The molecule has 3 heteroatoms. The van der Waals surface area contributed by atoms with Crippen molar-refractivity contribution in [3.63, 3.8) is 0 Å². The predicted octanol–water partition coefficient (Wildman–Crippen LogP) is 4.44. The van der Waals surface area contributed by atoms with Crippen LogP contribution in [-0.4, -0.2) is 12.6 Å². The van der Waals surface area contributed by atoms with Gasteiger partial charge in [-0.3, -0.25) is 0 Å². The Kier molecular flexibility index (Phi) is 3.89. The van der Waals surface area contributed by atoms with Crippen LogP contribution in [0.5, 0.6) is 0 Å². The van der Waals surface area contributed by atoms with Gasteiger partial charge in [-0.2, -0.15) is 0 Å². The van der Waals surface area contributed by atoms with Crippen LogP contribution in [0.1, 0.15) is 29.9 Å². The Bertz CT molecular complexity index is 589. The molecule has 1 heterocycles. The van der Waals surface area contributed by atoms with Crippen LogP contribution in [0, 0.1) is 0 Å². The van der Waals surface area contributed by atoms with Gasteiger partial charge < -0.3 is 5.32 Å². The van der Waals surface area contributed by atoms with Crippen LogP contribution in [0.3, 0.4) is 0 Å². The van der Waals surface area contributed by atoms with Gasteiger partial charge in [0.2, 0.25) is 0 Å². The Morgan fingerprint density at radius 2 is 2.05 bits per heavy atom. The lowest BCUT2D eigenvalue weighted by Gasteiger charge is -2.26. The Labute approximate surface area is 130 Å². The Hall–Kier alpha value is -0.830. The maximum atomic E-state index is 6.07. The van der Waals surface area contributed by atoms with Gasteiger partial charge in [0, 0.05) is 27.9 Å². The summed E-state index contributed by atoms with van der Waals surface area (Å²) in [6.07, 6.45) is 2.21. The van der Waals surface area contributed by atoms with Crippen molar-refractivity contribution in [1.82, 2.24) is 5.32 Å². The third kappa shape index (κ3) is 2.93. The molecule has 1 aromatic heterocycles. The van der Waals surface area contributed by atoms with Gasteiger partial charge in [0.05, 0.1) is 0 Å². The summed E-state index contributed by atoms with van der Waals surface area (Å²) in [5.41, 5.74) is 3.05. The van der Waals surface area contributed by atoms with Crippen molar-refractivity contribution in [2.75, 3.05) is 6.54 Å². The zero-order valence-electron chi connectivity index (χ0n) is 11.9. The molecule has 20 heavy (non-hydrogen) atoms. The second-order valence-corrected chi connectivity index (χ2v) is 7.64. The van der Waals surface area contributed by atoms with E-state index >= 15 is 0 Å². The first kappa shape index (κ1) is 14.1. The fourth-order valence-electron chi connectivity index (χ4n) is 2.88. The molecule has 0 amide bonds. The van der Waals surface area contributed by atoms with E-state index in [2.05, 4.69) is 48.8 Å². The average molecular weight is 306 g/mol. The van der Waals surface area contributed by atoms with Gasteiger partial charge in [-0.15, -0.1) is 11.3 Å². The van der Waals surface area contributed by atoms with Crippen molar-refractivity contribution in [1.29, 1.82) is 0 Å². The second-order valence-electron chi connectivity index (χ2n) is 6.26. The molecule has 0 saturated carbocycles. The van der Waals surface area contributed by atoms with Crippen molar-refractivity contribution in [2.24, 2.45) is 0 Å². The topological polar surface area (TPSA) is 12.0 Å². The predicted molar refractivity (Wildman–Crippen MR) is 88.0 cm³/mol. The monoisotopic (exact) mass is 305 g/mol. The largest absolute Gasteiger partial charge is 0.312 e. The van der Waals surface area contributed by atoms with Crippen LogP contribution in [0.2, 0.25) is 5.02 Å². The van der Waals surface area contributed by atoms with E-state index in [-0.39, 0.29) is 5.41 Å². The van der Waals surface area contributed by atoms with E-state index in [9.17, 15) is 0 Å². The molecule has 1 atom stereocenters. The Balaban J connectivity index is 1.61. The van der Waals surface area contributed by atoms with Gasteiger partial charge in [-0.05, 0) is 47.5 Å². The molecule has 0 aliphatic heterocycles. The lowest BCUT2D eigenvalue weighted by molar-refractivity contribution is 0.428. The third-order valence-corrected chi connectivity index (χ3v) is 5.59. The number of hydrogen-bond donors (Lipinski definition) is 1. The summed E-state index contributed by atoms with van der Waals surface area (Å²) < 4.78 is 0. The number of benzene rings is 1. The van der Waals surface area contributed by atoms with Crippen molar-refractivity contribution in [3.8, 4) is 0 Å². The van der Waals surface area contributed by atoms with E-state index in [0.717, 1.165) is 24.4 Å². The van der Waals surface area contributed by atoms with Gasteiger partial charge >= 0.3 is 0 Å². The van der Waals surface area contributed by atoms with Gasteiger partial charge in [0.15, 0.2) is 0 Å². The summed E-state index contributed by atoms with van der Waals surface area (Å²) in [5.74, 6) is 0. The fourth-order valence-corrected chi connectivity index (χ4v) is 3.93. The quantitative estimate of drug-likeness (QED) is 0.881. The molecule has 0 radical (unpaired) electrons. The molecule has 3 rings (SSSR count). The third-order valence-electron chi connectivity index (χ3n) is 4.12. The number of thiophene rings is 1. The first-order chi connectivity index (χ1) is 9.54. The molecule has 0 fully saturated rings. The van der Waals surface area contributed by atoms with E-state index in [1.807, 2.05) is 17.4 Å². The normalized spacial score (nSPS) is 18.2. The van der Waals surface area contributed by atoms with Crippen LogP contribution in [0.4, 0.5) is 0 Å². The van der Waals surface area contributed by atoms with Crippen LogP contribution in [-0.2, 0) is 18.3 Å². The number of rotatable bonds is 4. The van der Waals surface area contributed by atoms with Gasteiger partial charge in [-0.25, -0.2) is 0 Å². The van der Waals surface area contributed by atoms with Gasteiger partial charge in [0.1, 0.15) is 0 Å². The van der Waals surface area contributed by atoms with Crippen molar-refractivity contribution in [2.45, 2.75) is 38.1 Å². The molecule has 0 spiro atoms. The summed E-state index contributed by atoms with van der Waals surface area (Å²) in [6, 6.07) is 11.2. The minimum Gasteiger partial charge on any atom is -0.312 e. The Morgan fingerprint density at radius 1 is 1.25 bits per heavy atom. The number of nitrogens with one attached hydrogen (secondary N) is 1. The molecule has 1 nitrogen and oxygen atoms in total. The molecular formula is C17H20ClNS. The molecule has 106 valence electrons. The minimum atomic E-state index is 0.195. The van der Waals surface area contributed by atoms with E-state index in [1.165, 1.54) is 16.0 Å². The van der Waals surface area contributed by atoms with Crippen LogP contribution in [0.15, 0.2) is 35.7 Å². The smallest absolute Gasteiger partial charge is 0.0408 e.